The Labute approximate surface area is 163 Å². The van der Waals surface area contributed by atoms with Gasteiger partial charge in [-0.05, 0) is 100 Å². The van der Waals surface area contributed by atoms with Crippen molar-refractivity contribution in [2.24, 2.45) is 5.92 Å². The van der Waals surface area contributed by atoms with E-state index in [2.05, 4.69) is 70.3 Å². The minimum absolute atomic E-state index is 0.0100. The van der Waals surface area contributed by atoms with Gasteiger partial charge in [0, 0.05) is 31.2 Å². The third-order valence-electron chi connectivity index (χ3n) is 6.00. The van der Waals surface area contributed by atoms with Gasteiger partial charge in [-0.15, -0.1) is 0 Å². The van der Waals surface area contributed by atoms with Crippen molar-refractivity contribution in [3.05, 3.63) is 0 Å². The minimum Gasteiger partial charge on any atom is -0.373 e. The first kappa shape index (κ1) is 22.1. The second-order valence-electron chi connectivity index (χ2n) is 10.9. The molecule has 1 heterocycles. The Bertz CT molecular complexity index is 410. The monoisotopic (exact) mass is 367 g/mol. The maximum Gasteiger partial charge on any atom is 0.0612 e. The predicted molar refractivity (Wildman–Crippen MR) is 112 cm³/mol. The predicted octanol–water partition coefficient (Wildman–Crippen LogP) is 3.71. The van der Waals surface area contributed by atoms with E-state index in [1.54, 1.807) is 0 Å². The smallest absolute Gasteiger partial charge is 0.0612 e. The zero-order valence-electron chi connectivity index (χ0n) is 18.8. The van der Waals surface area contributed by atoms with Crippen LogP contribution in [0.4, 0.5) is 0 Å². The summed E-state index contributed by atoms with van der Waals surface area (Å²) in [5.41, 5.74) is 0.310. The molecule has 1 aliphatic heterocycles. The molecule has 0 spiro atoms. The Balaban J connectivity index is 1.83. The van der Waals surface area contributed by atoms with Crippen molar-refractivity contribution in [3.8, 4) is 0 Å². The Morgan fingerprint density at radius 3 is 1.96 bits per heavy atom. The van der Waals surface area contributed by atoms with Gasteiger partial charge in [0.2, 0.25) is 0 Å². The standard InChI is InChI=1S/C22H45N3O/c1-21(2,3)25-11-9-18(10-12-25)17-24(14-13-23(7)8)19-15-20(16-19)26-22(4,5)6/h18-20H,9-17H2,1-8H3. The van der Waals surface area contributed by atoms with Gasteiger partial charge in [0.1, 0.15) is 0 Å². The lowest BCUT2D eigenvalue weighted by Crippen LogP contribution is -2.54. The molecule has 154 valence electrons. The summed E-state index contributed by atoms with van der Waals surface area (Å²) in [6, 6.07) is 0.725. The molecule has 2 fully saturated rings. The molecule has 0 atom stereocenters. The summed E-state index contributed by atoms with van der Waals surface area (Å²) >= 11 is 0. The van der Waals surface area contributed by atoms with Crippen LogP contribution >= 0.6 is 0 Å². The van der Waals surface area contributed by atoms with Gasteiger partial charge in [-0.2, -0.15) is 0 Å². The third-order valence-corrected chi connectivity index (χ3v) is 6.00. The maximum atomic E-state index is 6.18. The highest BCUT2D eigenvalue weighted by Gasteiger charge is 2.37. The average molecular weight is 368 g/mol. The number of rotatable bonds is 7. The maximum absolute atomic E-state index is 6.18. The quantitative estimate of drug-likeness (QED) is 0.683. The van der Waals surface area contributed by atoms with Crippen LogP contribution < -0.4 is 0 Å². The van der Waals surface area contributed by atoms with Crippen molar-refractivity contribution in [2.75, 3.05) is 46.8 Å². The van der Waals surface area contributed by atoms with E-state index in [0.717, 1.165) is 18.5 Å². The first-order valence-electron chi connectivity index (χ1n) is 10.8. The molecular formula is C22H45N3O. The van der Waals surface area contributed by atoms with Crippen LogP contribution in [0.1, 0.15) is 67.2 Å². The van der Waals surface area contributed by atoms with Crippen LogP contribution in [0.5, 0.6) is 0 Å². The highest BCUT2D eigenvalue weighted by molar-refractivity contribution is 4.91. The lowest BCUT2D eigenvalue weighted by atomic mass is 9.85. The van der Waals surface area contributed by atoms with E-state index in [0.29, 0.717) is 11.6 Å². The molecule has 2 rings (SSSR count). The summed E-state index contributed by atoms with van der Waals surface area (Å²) in [5.74, 6) is 0.860. The van der Waals surface area contributed by atoms with Crippen molar-refractivity contribution < 1.29 is 4.74 Å². The molecule has 2 aliphatic rings. The molecule has 0 bridgehead atoms. The summed E-state index contributed by atoms with van der Waals surface area (Å²) in [7, 11) is 4.37. The zero-order valence-corrected chi connectivity index (χ0v) is 18.8. The summed E-state index contributed by atoms with van der Waals surface area (Å²) in [5, 5.41) is 0. The molecule has 0 aromatic heterocycles. The van der Waals surface area contributed by atoms with Gasteiger partial charge in [0.15, 0.2) is 0 Å². The number of piperidine rings is 1. The second kappa shape index (κ2) is 8.89. The SMILES string of the molecule is CN(C)CCN(CC1CCN(C(C)(C)C)CC1)C1CC(OC(C)(C)C)C1. The first-order valence-corrected chi connectivity index (χ1v) is 10.8. The molecule has 4 nitrogen and oxygen atoms in total. The van der Waals surface area contributed by atoms with E-state index < -0.39 is 0 Å². The van der Waals surface area contributed by atoms with Crippen LogP contribution in [0.25, 0.3) is 0 Å². The fraction of sp³-hybridized carbons (Fsp3) is 1.00. The number of likely N-dealkylation sites (tertiary alicyclic amines) is 1. The van der Waals surface area contributed by atoms with Gasteiger partial charge in [-0.25, -0.2) is 0 Å². The highest BCUT2D eigenvalue weighted by Crippen LogP contribution is 2.33. The molecule has 1 saturated heterocycles. The van der Waals surface area contributed by atoms with E-state index in [1.165, 1.54) is 51.9 Å². The molecule has 1 saturated carbocycles. The fourth-order valence-corrected chi connectivity index (χ4v) is 4.30. The van der Waals surface area contributed by atoms with E-state index in [1.807, 2.05) is 0 Å². The lowest BCUT2D eigenvalue weighted by Gasteiger charge is -2.47. The zero-order chi connectivity index (χ0) is 19.5. The molecule has 0 N–H and O–H groups in total. The Morgan fingerprint density at radius 1 is 0.923 bits per heavy atom. The van der Waals surface area contributed by atoms with Gasteiger partial charge in [0.05, 0.1) is 11.7 Å². The summed E-state index contributed by atoms with van der Waals surface area (Å²) in [6.07, 6.45) is 5.59. The van der Waals surface area contributed by atoms with Crippen molar-refractivity contribution in [1.82, 2.24) is 14.7 Å². The van der Waals surface area contributed by atoms with Gasteiger partial charge < -0.3 is 9.64 Å². The van der Waals surface area contributed by atoms with Gasteiger partial charge >= 0.3 is 0 Å². The molecule has 0 radical (unpaired) electrons. The Morgan fingerprint density at radius 2 is 1.50 bits per heavy atom. The third kappa shape index (κ3) is 7.10. The van der Waals surface area contributed by atoms with Crippen LogP contribution in [-0.4, -0.2) is 84.8 Å². The normalized spacial score (nSPS) is 26.5. The van der Waals surface area contributed by atoms with Crippen LogP contribution in [0.2, 0.25) is 0 Å². The van der Waals surface area contributed by atoms with Gasteiger partial charge in [-0.3, -0.25) is 9.80 Å². The number of nitrogens with zero attached hydrogens (tertiary/aromatic N) is 3. The average Bonchev–Trinajstić information content (AvgIpc) is 2.45. The highest BCUT2D eigenvalue weighted by atomic mass is 16.5. The van der Waals surface area contributed by atoms with Crippen LogP contribution in [0, 0.1) is 5.92 Å². The van der Waals surface area contributed by atoms with Gasteiger partial charge in [-0.1, -0.05) is 0 Å². The topological polar surface area (TPSA) is 19.0 Å². The van der Waals surface area contributed by atoms with E-state index >= 15 is 0 Å². The molecular weight excluding hydrogens is 322 g/mol. The summed E-state index contributed by atoms with van der Waals surface area (Å²) in [4.78, 5) is 7.75. The van der Waals surface area contributed by atoms with Crippen LogP contribution in [0.3, 0.4) is 0 Å². The number of likely N-dealkylation sites (N-methyl/N-ethyl adjacent to an activating group) is 1. The Hall–Kier alpha value is -0.160. The van der Waals surface area contributed by atoms with Crippen molar-refractivity contribution in [2.45, 2.75) is 90.5 Å². The molecule has 26 heavy (non-hydrogen) atoms. The fourth-order valence-electron chi connectivity index (χ4n) is 4.30. The van der Waals surface area contributed by atoms with Crippen LogP contribution in [0.15, 0.2) is 0 Å². The second-order valence-corrected chi connectivity index (χ2v) is 10.9. The first-order chi connectivity index (χ1) is 11.9. The molecule has 0 aromatic carbocycles. The van der Waals surface area contributed by atoms with Gasteiger partial charge in [0.25, 0.3) is 0 Å². The number of hydrogen-bond donors (Lipinski definition) is 0. The van der Waals surface area contributed by atoms with Crippen molar-refractivity contribution in [1.29, 1.82) is 0 Å². The molecule has 0 unspecified atom stereocenters. The van der Waals surface area contributed by atoms with Crippen LogP contribution in [-0.2, 0) is 4.74 Å². The number of ether oxygens (including phenoxy) is 1. The summed E-state index contributed by atoms with van der Waals surface area (Å²) < 4.78 is 6.18. The molecule has 0 amide bonds. The molecule has 0 aromatic rings. The lowest BCUT2D eigenvalue weighted by molar-refractivity contribution is -0.122. The largest absolute Gasteiger partial charge is 0.373 e. The van der Waals surface area contributed by atoms with Crippen molar-refractivity contribution in [3.63, 3.8) is 0 Å². The van der Waals surface area contributed by atoms with Crippen molar-refractivity contribution >= 4 is 0 Å². The van der Waals surface area contributed by atoms with E-state index in [4.69, 9.17) is 4.74 Å². The molecule has 4 heteroatoms. The van der Waals surface area contributed by atoms with E-state index in [9.17, 15) is 0 Å². The van der Waals surface area contributed by atoms with E-state index in [-0.39, 0.29) is 5.60 Å². The minimum atomic E-state index is -0.0100. The Kier molecular flexibility index (Phi) is 7.57. The number of hydrogen-bond acceptors (Lipinski definition) is 4. The summed E-state index contributed by atoms with van der Waals surface area (Å²) in [6.45, 7) is 19.7. The molecule has 1 aliphatic carbocycles.